The summed E-state index contributed by atoms with van der Waals surface area (Å²) < 4.78 is 5.08. The normalized spacial score (nSPS) is 18.0. The molecule has 3 rings (SSSR count). The first-order valence-corrected chi connectivity index (χ1v) is 6.90. The lowest BCUT2D eigenvalue weighted by molar-refractivity contribution is -0.119. The monoisotopic (exact) mass is 293 g/mol. The zero-order chi connectivity index (χ0) is 13.9. The Morgan fingerprint density at radius 1 is 1.60 bits per heavy atom. The van der Waals surface area contributed by atoms with Crippen LogP contribution >= 0.6 is 11.3 Å². The van der Waals surface area contributed by atoms with E-state index in [9.17, 15) is 9.59 Å². The van der Waals surface area contributed by atoms with Crippen molar-refractivity contribution in [2.45, 2.75) is 25.4 Å². The van der Waals surface area contributed by atoms with Gasteiger partial charge in [-0.05, 0) is 6.42 Å². The van der Waals surface area contributed by atoms with Crippen molar-refractivity contribution in [3.63, 3.8) is 0 Å². The zero-order valence-corrected chi connectivity index (χ0v) is 11.1. The van der Waals surface area contributed by atoms with Crippen molar-refractivity contribution in [3.8, 4) is 0 Å². The highest BCUT2D eigenvalue weighted by Gasteiger charge is 2.27. The first-order valence-electron chi connectivity index (χ1n) is 6.02. The summed E-state index contributed by atoms with van der Waals surface area (Å²) in [6.45, 7) is 0.155. The maximum Gasteiger partial charge on any atom is 0.280 e. The van der Waals surface area contributed by atoms with Gasteiger partial charge in [0.25, 0.3) is 5.91 Å². The van der Waals surface area contributed by atoms with Crippen molar-refractivity contribution in [1.82, 2.24) is 25.8 Å². The zero-order valence-electron chi connectivity index (χ0n) is 10.3. The predicted octanol–water partition coefficient (Wildman–Crippen LogP) is 0.407. The largest absolute Gasteiger partial charge is 0.344 e. The van der Waals surface area contributed by atoms with Crippen molar-refractivity contribution < 1.29 is 14.1 Å². The molecule has 0 saturated carbocycles. The second kappa shape index (κ2) is 5.37. The molecular weight excluding hydrogens is 282 g/mol. The number of nitrogens with one attached hydrogen (secondary N) is 2. The van der Waals surface area contributed by atoms with Crippen LogP contribution in [0.3, 0.4) is 0 Å². The molecule has 2 aromatic rings. The van der Waals surface area contributed by atoms with E-state index in [4.69, 9.17) is 4.52 Å². The minimum absolute atomic E-state index is 0.0215. The minimum Gasteiger partial charge on any atom is -0.344 e. The van der Waals surface area contributed by atoms with Crippen molar-refractivity contribution >= 4 is 23.2 Å². The molecule has 1 aliphatic heterocycles. The van der Waals surface area contributed by atoms with Gasteiger partial charge in [0, 0.05) is 18.0 Å². The lowest BCUT2D eigenvalue weighted by atomic mass is 10.2. The van der Waals surface area contributed by atoms with Crippen LogP contribution in [0.2, 0.25) is 0 Å². The van der Waals surface area contributed by atoms with Crippen LogP contribution in [0.25, 0.3) is 0 Å². The van der Waals surface area contributed by atoms with Crippen LogP contribution in [0.5, 0.6) is 0 Å². The highest BCUT2D eigenvalue weighted by molar-refractivity contribution is 7.11. The fourth-order valence-electron chi connectivity index (χ4n) is 1.85. The lowest BCUT2D eigenvalue weighted by Gasteiger charge is -2.01. The molecule has 1 saturated heterocycles. The number of thiazole rings is 1. The highest BCUT2D eigenvalue weighted by Crippen LogP contribution is 2.21. The topological polar surface area (TPSA) is 110 Å². The number of carbonyl (C=O) groups excluding carboxylic acids is 2. The number of aromatic nitrogens is 3. The van der Waals surface area contributed by atoms with E-state index in [0.717, 1.165) is 0 Å². The highest BCUT2D eigenvalue weighted by atomic mass is 32.1. The van der Waals surface area contributed by atoms with Crippen LogP contribution in [0.1, 0.15) is 40.4 Å². The molecule has 1 aliphatic rings. The van der Waals surface area contributed by atoms with Gasteiger partial charge in [0.05, 0.1) is 6.54 Å². The van der Waals surface area contributed by atoms with Crippen LogP contribution in [0.4, 0.5) is 0 Å². The summed E-state index contributed by atoms with van der Waals surface area (Å²) in [7, 11) is 0. The van der Waals surface area contributed by atoms with Gasteiger partial charge in [-0.25, -0.2) is 4.98 Å². The molecule has 8 nitrogen and oxygen atoms in total. The molecule has 0 radical (unpaired) electrons. The van der Waals surface area contributed by atoms with E-state index in [1.165, 1.54) is 11.3 Å². The fourth-order valence-corrected chi connectivity index (χ4v) is 2.40. The van der Waals surface area contributed by atoms with Crippen LogP contribution in [0, 0.1) is 0 Å². The summed E-state index contributed by atoms with van der Waals surface area (Å²) >= 11 is 1.26. The summed E-state index contributed by atoms with van der Waals surface area (Å²) in [4.78, 5) is 30.9. The Kier molecular flexibility index (Phi) is 3.42. The van der Waals surface area contributed by atoms with Gasteiger partial charge in [-0.1, -0.05) is 5.16 Å². The summed E-state index contributed by atoms with van der Waals surface area (Å²) in [6.07, 6.45) is 2.67. The second-order valence-corrected chi connectivity index (χ2v) is 5.12. The quantitative estimate of drug-likeness (QED) is 0.844. The lowest BCUT2D eigenvalue weighted by Crippen LogP contribution is -2.23. The minimum atomic E-state index is -0.277. The van der Waals surface area contributed by atoms with Crippen molar-refractivity contribution in [2.24, 2.45) is 0 Å². The Morgan fingerprint density at radius 2 is 2.50 bits per heavy atom. The number of nitrogens with zero attached hydrogens (tertiary/aromatic N) is 3. The first kappa shape index (κ1) is 12.7. The smallest absolute Gasteiger partial charge is 0.280 e. The summed E-state index contributed by atoms with van der Waals surface area (Å²) in [6, 6.07) is -0.224. The van der Waals surface area contributed by atoms with Crippen molar-refractivity contribution in [3.05, 3.63) is 28.3 Å². The molecular formula is C11H11N5O3S. The van der Waals surface area contributed by atoms with E-state index in [1.807, 2.05) is 0 Å². The standard InChI is InChI=1S/C11H11N5O3S/c17-8-2-1-6(14-8)10-15-7(16-19-10)5-13-9(18)11-12-3-4-20-11/h3-4,6H,1-2,5H2,(H,13,18)(H,14,17)/t6-/m0/s1. The molecule has 0 spiro atoms. The molecule has 3 heterocycles. The average molecular weight is 293 g/mol. The van der Waals surface area contributed by atoms with E-state index < -0.39 is 0 Å². The van der Waals surface area contributed by atoms with Gasteiger partial charge in [0.15, 0.2) is 10.8 Å². The Labute approximate surface area is 117 Å². The molecule has 9 heteroatoms. The molecule has 1 fully saturated rings. The molecule has 2 aromatic heterocycles. The molecule has 2 amide bonds. The Balaban J connectivity index is 1.57. The van der Waals surface area contributed by atoms with Crippen molar-refractivity contribution in [1.29, 1.82) is 0 Å². The Bertz CT molecular complexity index is 624. The van der Waals surface area contributed by atoms with Gasteiger partial charge in [0.2, 0.25) is 11.8 Å². The van der Waals surface area contributed by atoms with E-state index in [1.54, 1.807) is 11.6 Å². The number of hydrogen-bond acceptors (Lipinski definition) is 7. The molecule has 0 unspecified atom stereocenters. The fraction of sp³-hybridized carbons (Fsp3) is 0.364. The van der Waals surface area contributed by atoms with Gasteiger partial charge in [0.1, 0.15) is 6.04 Å². The maximum atomic E-state index is 11.7. The third-order valence-corrected chi connectivity index (χ3v) is 3.58. The average Bonchev–Trinajstić information content (AvgIpc) is 3.16. The van der Waals surface area contributed by atoms with E-state index in [-0.39, 0.29) is 24.4 Å². The summed E-state index contributed by atoms with van der Waals surface area (Å²) in [5.74, 6) is 0.438. The molecule has 0 aliphatic carbocycles. The Morgan fingerprint density at radius 3 is 3.20 bits per heavy atom. The van der Waals surface area contributed by atoms with Gasteiger partial charge < -0.3 is 15.2 Å². The van der Waals surface area contributed by atoms with Crippen LogP contribution in [-0.4, -0.2) is 26.9 Å². The predicted molar refractivity (Wildman–Crippen MR) is 67.7 cm³/mol. The Hall–Kier alpha value is -2.29. The first-order chi connectivity index (χ1) is 9.72. The SMILES string of the molecule is O=C1CC[C@@H](c2nc(CNC(=O)c3nccs3)no2)N1. The third kappa shape index (κ3) is 2.67. The van der Waals surface area contributed by atoms with E-state index >= 15 is 0 Å². The molecule has 0 bridgehead atoms. The van der Waals surface area contributed by atoms with Gasteiger partial charge in [-0.2, -0.15) is 4.98 Å². The summed E-state index contributed by atoms with van der Waals surface area (Å²) in [5.41, 5.74) is 0. The van der Waals surface area contributed by atoms with Crippen LogP contribution < -0.4 is 10.6 Å². The van der Waals surface area contributed by atoms with Crippen LogP contribution in [-0.2, 0) is 11.3 Å². The molecule has 1 atom stereocenters. The third-order valence-electron chi connectivity index (χ3n) is 2.81. The number of hydrogen-bond donors (Lipinski definition) is 2. The van der Waals surface area contributed by atoms with Gasteiger partial charge in [-0.15, -0.1) is 11.3 Å². The van der Waals surface area contributed by atoms with Gasteiger partial charge in [-0.3, -0.25) is 9.59 Å². The molecule has 104 valence electrons. The maximum absolute atomic E-state index is 11.7. The second-order valence-electron chi connectivity index (χ2n) is 4.23. The number of amides is 2. The van der Waals surface area contributed by atoms with E-state index in [2.05, 4.69) is 25.8 Å². The molecule has 0 aromatic carbocycles. The van der Waals surface area contributed by atoms with Gasteiger partial charge >= 0.3 is 0 Å². The summed E-state index contributed by atoms with van der Waals surface area (Å²) in [5, 5.41) is 11.3. The number of carbonyl (C=O) groups is 2. The molecule has 2 N–H and O–H groups in total. The molecule has 20 heavy (non-hydrogen) atoms. The van der Waals surface area contributed by atoms with Crippen molar-refractivity contribution in [2.75, 3.05) is 0 Å². The van der Waals surface area contributed by atoms with Crippen LogP contribution in [0.15, 0.2) is 16.1 Å². The number of rotatable bonds is 4. The van der Waals surface area contributed by atoms with E-state index in [0.29, 0.717) is 29.6 Å².